The minimum Gasteiger partial charge on any atom is -0.462 e. The van der Waals surface area contributed by atoms with Crippen molar-refractivity contribution >= 4 is 29.9 Å². The number of carbonyl (C=O) groups excluding carboxylic acids is 1. The van der Waals surface area contributed by atoms with Crippen LogP contribution in [-0.2, 0) is 4.74 Å². The third-order valence-corrected chi connectivity index (χ3v) is 2.36. The second-order valence-electron chi connectivity index (χ2n) is 1.86. The normalized spacial score (nSPS) is 9.64. The Labute approximate surface area is 74.6 Å². The summed E-state index contributed by atoms with van der Waals surface area (Å²) in [5, 5.41) is 0. The van der Waals surface area contributed by atoms with Gasteiger partial charge in [-0.3, -0.25) is 0 Å². The number of hydrogen-bond acceptors (Lipinski definition) is 4. The topological polar surface area (TPSA) is 26.3 Å². The minimum atomic E-state index is -0.266. The average molecular weight is 188 g/mol. The van der Waals surface area contributed by atoms with Gasteiger partial charge in [-0.15, -0.1) is 24.0 Å². The predicted octanol–water partition coefficient (Wildman–Crippen LogP) is 2.21. The van der Waals surface area contributed by atoms with E-state index in [2.05, 4.69) is 12.6 Å². The number of thiophene rings is 1. The average Bonchev–Trinajstić information content (AvgIpc) is 2.36. The zero-order valence-corrected chi connectivity index (χ0v) is 7.74. The first-order valence-corrected chi connectivity index (χ1v) is 4.46. The second kappa shape index (κ2) is 3.78. The molecule has 0 aliphatic rings. The Hall–Kier alpha value is -0.480. The van der Waals surface area contributed by atoms with Crippen LogP contribution in [0.25, 0.3) is 0 Å². The molecular formula is C7H8O2S2. The van der Waals surface area contributed by atoms with E-state index in [1.54, 1.807) is 19.1 Å². The Morgan fingerprint density at radius 1 is 1.73 bits per heavy atom. The third-order valence-electron chi connectivity index (χ3n) is 1.07. The van der Waals surface area contributed by atoms with Crippen molar-refractivity contribution in [3.05, 3.63) is 17.0 Å². The molecule has 0 aromatic carbocycles. The lowest BCUT2D eigenvalue weighted by molar-refractivity contribution is 0.0532. The molecule has 0 atom stereocenters. The molecule has 1 aromatic heterocycles. The molecule has 0 spiro atoms. The van der Waals surface area contributed by atoms with Gasteiger partial charge in [0.25, 0.3) is 0 Å². The van der Waals surface area contributed by atoms with E-state index in [1.165, 1.54) is 11.3 Å². The van der Waals surface area contributed by atoms with Gasteiger partial charge in [-0.2, -0.15) is 0 Å². The summed E-state index contributed by atoms with van der Waals surface area (Å²) in [5.74, 6) is -0.266. The number of hydrogen-bond donors (Lipinski definition) is 1. The summed E-state index contributed by atoms with van der Waals surface area (Å²) in [5.41, 5.74) is 0. The van der Waals surface area contributed by atoms with Crippen LogP contribution in [0.4, 0.5) is 0 Å². The predicted molar refractivity (Wildman–Crippen MR) is 47.5 cm³/mol. The Kier molecular flexibility index (Phi) is 2.96. The first-order valence-electron chi connectivity index (χ1n) is 3.20. The molecule has 0 radical (unpaired) electrons. The summed E-state index contributed by atoms with van der Waals surface area (Å²) in [4.78, 5) is 11.6. The molecule has 0 N–H and O–H groups in total. The van der Waals surface area contributed by atoms with Crippen molar-refractivity contribution in [2.75, 3.05) is 6.61 Å². The van der Waals surface area contributed by atoms with E-state index in [4.69, 9.17) is 4.74 Å². The highest BCUT2D eigenvalue weighted by molar-refractivity contribution is 7.82. The quantitative estimate of drug-likeness (QED) is 0.569. The SMILES string of the molecule is CCOC(=O)c1ccc(S)s1. The number of esters is 1. The fraction of sp³-hybridized carbons (Fsp3) is 0.286. The highest BCUT2D eigenvalue weighted by Crippen LogP contribution is 2.20. The van der Waals surface area contributed by atoms with Crippen molar-refractivity contribution in [2.24, 2.45) is 0 Å². The van der Waals surface area contributed by atoms with Gasteiger partial charge in [0.15, 0.2) is 0 Å². The minimum absolute atomic E-state index is 0.266. The van der Waals surface area contributed by atoms with E-state index in [-0.39, 0.29) is 5.97 Å². The van der Waals surface area contributed by atoms with Crippen molar-refractivity contribution in [2.45, 2.75) is 11.1 Å². The van der Waals surface area contributed by atoms with Crippen LogP contribution in [0.15, 0.2) is 16.3 Å². The monoisotopic (exact) mass is 188 g/mol. The van der Waals surface area contributed by atoms with E-state index >= 15 is 0 Å². The molecule has 0 aliphatic heterocycles. The van der Waals surface area contributed by atoms with Gasteiger partial charge in [-0.05, 0) is 19.1 Å². The summed E-state index contributed by atoms with van der Waals surface area (Å²) in [7, 11) is 0. The van der Waals surface area contributed by atoms with Crippen LogP contribution in [0, 0.1) is 0 Å². The lowest BCUT2D eigenvalue weighted by atomic mass is 10.5. The van der Waals surface area contributed by atoms with Gasteiger partial charge in [0.2, 0.25) is 0 Å². The van der Waals surface area contributed by atoms with Crippen molar-refractivity contribution < 1.29 is 9.53 Å². The third kappa shape index (κ3) is 2.24. The van der Waals surface area contributed by atoms with E-state index in [0.29, 0.717) is 11.5 Å². The number of ether oxygens (including phenoxy) is 1. The smallest absolute Gasteiger partial charge is 0.348 e. The second-order valence-corrected chi connectivity index (χ2v) is 3.73. The molecule has 0 bridgehead atoms. The van der Waals surface area contributed by atoms with Gasteiger partial charge in [-0.25, -0.2) is 4.79 Å². The molecule has 2 nitrogen and oxygen atoms in total. The molecule has 11 heavy (non-hydrogen) atoms. The molecule has 60 valence electrons. The van der Waals surface area contributed by atoms with Gasteiger partial charge in [0, 0.05) is 0 Å². The lowest BCUT2D eigenvalue weighted by Gasteiger charge is -1.95. The van der Waals surface area contributed by atoms with Crippen LogP contribution >= 0.6 is 24.0 Å². The molecule has 1 heterocycles. The first kappa shape index (κ1) is 8.62. The maximum absolute atomic E-state index is 11.0. The molecule has 0 fully saturated rings. The van der Waals surface area contributed by atoms with E-state index < -0.39 is 0 Å². The largest absolute Gasteiger partial charge is 0.462 e. The highest BCUT2D eigenvalue weighted by Gasteiger charge is 2.07. The fourth-order valence-corrected chi connectivity index (χ4v) is 1.65. The van der Waals surface area contributed by atoms with Crippen LogP contribution in [0.3, 0.4) is 0 Å². The molecule has 0 saturated heterocycles. The van der Waals surface area contributed by atoms with E-state index in [0.717, 1.165) is 4.21 Å². The van der Waals surface area contributed by atoms with E-state index in [1.807, 2.05) is 0 Å². The van der Waals surface area contributed by atoms with Gasteiger partial charge < -0.3 is 4.74 Å². The summed E-state index contributed by atoms with van der Waals surface area (Å²) in [6.45, 7) is 2.20. The summed E-state index contributed by atoms with van der Waals surface area (Å²) in [6.07, 6.45) is 0. The van der Waals surface area contributed by atoms with Gasteiger partial charge >= 0.3 is 5.97 Å². The Morgan fingerprint density at radius 2 is 2.45 bits per heavy atom. The Morgan fingerprint density at radius 3 is 2.91 bits per heavy atom. The number of rotatable bonds is 2. The van der Waals surface area contributed by atoms with Gasteiger partial charge in [0.05, 0.1) is 10.8 Å². The summed E-state index contributed by atoms with van der Waals surface area (Å²) >= 11 is 5.40. The van der Waals surface area contributed by atoms with Crippen LogP contribution < -0.4 is 0 Å². The van der Waals surface area contributed by atoms with Crippen molar-refractivity contribution in [3.63, 3.8) is 0 Å². The number of thiol groups is 1. The summed E-state index contributed by atoms with van der Waals surface area (Å²) in [6, 6.07) is 3.49. The highest BCUT2D eigenvalue weighted by atomic mass is 32.2. The molecule has 0 aliphatic carbocycles. The Balaban J connectivity index is 2.69. The van der Waals surface area contributed by atoms with Crippen LogP contribution in [0.2, 0.25) is 0 Å². The first-order chi connectivity index (χ1) is 5.24. The van der Waals surface area contributed by atoms with E-state index in [9.17, 15) is 4.79 Å². The van der Waals surface area contributed by atoms with Crippen molar-refractivity contribution in [3.8, 4) is 0 Å². The molecule has 4 heteroatoms. The maximum atomic E-state index is 11.0. The molecule has 0 saturated carbocycles. The lowest BCUT2D eigenvalue weighted by Crippen LogP contribution is -2.01. The zero-order chi connectivity index (χ0) is 8.27. The summed E-state index contributed by atoms with van der Waals surface area (Å²) < 4.78 is 5.61. The molecule has 0 amide bonds. The Bertz CT molecular complexity index is 255. The van der Waals surface area contributed by atoms with Crippen molar-refractivity contribution in [1.29, 1.82) is 0 Å². The van der Waals surface area contributed by atoms with Gasteiger partial charge in [-0.1, -0.05) is 0 Å². The molecular weight excluding hydrogens is 180 g/mol. The van der Waals surface area contributed by atoms with Gasteiger partial charge in [0.1, 0.15) is 4.88 Å². The van der Waals surface area contributed by atoms with Crippen LogP contribution in [0.1, 0.15) is 16.6 Å². The van der Waals surface area contributed by atoms with Crippen LogP contribution in [-0.4, -0.2) is 12.6 Å². The molecule has 1 aromatic rings. The molecule has 0 unspecified atom stereocenters. The molecule has 1 rings (SSSR count). The number of carbonyl (C=O) groups is 1. The van der Waals surface area contributed by atoms with Crippen LogP contribution in [0.5, 0.6) is 0 Å². The van der Waals surface area contributed by atoms with Crippen molar-refractivity contribution in [1.82, 2.24) is 0 Å². The zero-order valence-electron chi connectivity index (χ0n) is 6.03. The standard InChI is InChI=1S/C7H8O2S2/c1-2-9-7(8)5-3-4-6(10)11-5/h3-4,10H,2H2,1H3. The fourth-order valence-electron chi connectivity index (χ4n) is 0.640. The maximum Gasteiger partial charge on any atom is 0.348 e.